The highest BCUT2D eigenvalue weighted by atomic mass is 32.2. The van der Waals surface area contributed by atoms with Crippen molar-refractivity contribution < 1.29 is 4.79 Å². The molecule has 0 atom stereocenters. The summed E-state index contributed by atoms with van der Waals surface area (Å²) >= 11 is 2.74. The fraction of sp³-hybridized carbons (Fsp3) is 0.125. The number of nitrogens with zero attached hydrogens (tertiary/aromatic N) is 2. The second-order valence-electron chi connectivity index (χ2n) is 6.90. The average molecular weight is 448 g/mol. The standard InChI is InChI=1S/C24H21N3O2S2/c1-3-13-25-21(28)15-30-24-26-22-18(14-20(31-22)17-10-5-4-6-11-17)23(29)27(24)19-12-8-7-9-16(19)2/h3-12,14H,1,13,15H2,2H3,(H,25,28). The number of aryl methyl sites for hydroxylation is 1. The second-order valence-corrected chi connectivity index (χ2v) is 8.87. The van der Waals surface area contributed by atoms with E-state index in [1.165, 1.54) is 23.1 Å². The van der Waals surface area contributed by atoms with E-state index in [4.69, 9.17) is 4.98 Å². The van der Waals surface area contributed by atoms with E-state index in [9.17, 15) is 9.59 Å². The number of carbonyl (C=O) groups is 1. The second kappa shape index (κ2) is 9.32. The Hall–Kier alpha value is -3.16. The Kier molecular flexibility index (Phi) is 6.34. The predicted octanol–water partition coefficient (Wildman–Crippen LogP) is 4.82. The summed E-state index contributed by atoms with van der Waals surface area (Å²) in [5.74, 6) is 0.0286. The van der Waals surface area contributed by atoms with Crippen LogP contribution in [0.3, 0.4) is 0 Å². The van der Waals surface area contributed by atoms with Crippen LogP contribution in [-0.2, 0) is 4.79 Å². The molecule has 0 saturated heterocycles. The van der Waals surface area contributed by atoms with Gasteiger partial charge in [-0.25, -0.2) is 4.98 Å². The van der Waals surface area contributed by atoms with Gasteiger partial charge in [-0.2, -0.15) is 0 Å². The van der Waals surface area contributed by atoms with Crippen molar-refractivity contribution in [3.63, 3.8) is 0 Å². The van der Waals surface area contributed by atoms with Gasteiger partial charge in [-0.05, 0) is 30.2 Å². The number of nitrogens with one attached hydrogen (secondary N) is 1. The first kappa shape index (κ1) is 21.1. The van der Waals surface area contributed by atoms with E-state index in [1.54, 1.807) is 10.6 Å². The molecule has 2 heterocycles. The third kappa shape index (κ3) is 4.47. The fourth-order valence-corrected chi connectivity index (χ4v) is 5.11. The summed E-state index contributed by atoms with van der Waals surface area (Å²) < 4.78 is 1.62. The molecule has 0 unspecified atom stereocenters. The Balaban J connectivity index is 1.84. The molecule has 1 amide bonds. The van der Waals surface area contributed by atoms with Crippen molar-refractivity contribution in [1.82, 2.24) is 14.9 Å². The van der Waals surface area contributed by atoms with Crippen LogP contribution in [0.5, 0.6) is 0 Å². The van der Waals surface area contributed by atoms with Gasteiger partial charge in [0.2, 0.25) is 5.91 Å². The largest absolute Gasteiger partial charge is 0.352 e. The van der Waals surface area contributed by atoms with Crippen LogP contribution < -0.4 is 10.9 Å². The molecule has 0 spiro atoms. The highest BCUT2D eigenvalue weighted by Crippen LogP contribution is 2.33. The molecular formula is C24H21N3O2S2. The minimum absolute atomic E-state index is 0.133. The van der Waals surface area contributed by atoms with Crippen LogP contribution in [0, 0.1) is 6.92 Å². The molecular weight excluding hydrogens is 426 g/mol. The van der Waals surface area contributed by atoms with Crippen LogP contribution in [0.15, 0.2) is 83.3 Å². The number of fused-ring (bicyclic) bond motifs is 1. The predicted molar refractivity (Wildman–Crippen MR) is 129 cm³/mol. The van der Waals surface area contributed by atoms with E-state index in [-0.39, 0.29) is 17.2 Å². The van der Waals surface area contributed by atoms with Crippen molar-refractivity contribution >= 4 is 39.2 Å². The van der Waals surface area contributed by atoms with Gasteiger partial charge in [0.25, 0.3) is 5.56 Å². The Bertz CT molecular complexity index is 1310. The van der Waals surface area contributed by atoms with E-state index in [2.05, 4.69) is 11.9 Å². The zero-order valence-electron chi connectivity index (χ0n) is 17.0. The highest BCUT2D eigenvalue weighted by molar-refractivity contribution is 7.99. The average Bonchev–Trinajstić information content (AvgIpc) is 3.22. The number of carbonyl (C=O) groups excluding carboxylic acids is 1. The topological polar surface area (TPSA) is 64.0 Å². The number of thiophene rings is 1. The number of hydrogen-bond acceptors (Lipinski definition) is 5. The van der Waals surface area contributed by atoms with E-state index >= 15 is 0 Å². The normalized spacial score (nSPS) is 10.9. The van der Waals surface area contributed by atoms with Gasteiger partial charge < -0.3 is 5.32 Å². The molecule has 156 valence electrons. The molecule has 4 aromatic rings. The monoisotopic (exact) mass is 447 g/mol. The maximum Gasteiger partial charge on any atom is 0.267 e. The van der Waals surface area contributed by atoms with Gasteiger partial charge in [0, 0.05) is 11.4 Å². The quantitative estimate of drug-likeness (QED) is 0.251. The summed E-state index contributed by atoms with van der Waals surface area (Å²) in [6, 6.07) is 19.5. The zero-order valence-corrected chi connectivity index (χ0v) is 18.6. The maximum absolute atomic E-state index is 13.6. The number of thioether (sulfide) groups is 1. The van der Waals surface area contributed by atoms with E-state index < -0.39 is 0 Å². The van der Waals surface area contributed by atoms with Crippen molar-refractivity contribution in [2.75, 3.05) is 12.3 Å². The fourth-order valence-electron chi connectivity index (χ4n) is 3.20. The van der Waals surface area contributed by atoms with Crippen LogP contribution >= 0.6 is 23.1 Å². The summed E-state index contributed by atoms with van der Waals surface area (Å²) in [7, 11) is 0. The lowest BCUT2D eigenvalue weighted by molar-refractivity contribution is -0.118. The Morgan fingerprint density at radius 1 is 1.19 bits per heavy atom. The minimum atomic E-state index is -0.133. The first-order chi connectivity index (χ1) is 15.1. The molecule has 0 aliphatic rings. The van der Waals surface area contributed by atoms with E-state index in [1.807, 2.05) is 67.6 Å². The molecule has 0 bridgehead atoms. The first-order valence-corrected chi connectivity index (χ1v) is 11.6. The number of aromatic nitrogens is 2. The summed E-state index contributed by atoms with van der Waals surface area (Å²) in [6.45, 7) is 5.97. The van der Waals surface area contributed by atoms with Crippen molar-refractivity contribution in [3.05, 3.63) is 89.2 Å². The van der Waals surface area contributed by atoms with Gasteiger partial charge in [0.15, 0.2) is 5.16 Å². The van der Waals surface area contributed by atoms with Gasteiger partial charge >= 0.3 is 0 Å². The highest BCUT2D eigenvalue weighted by Gasteiger charge is 2.18. The van der Waals surface area contributed by atoms with E-state index in [0.29, 0.717) is 21.9 Å². The summed E-state index contributed by atoms with van der Waals surface area (Å²) in [5, 5.41) is 3.84. The van der Waals surface area contributed by atoms with Crippen LogP contribution in [0.4, 0.5) is 0 Å². The van der Waals surface area contributed by atoms with Gasteiger partial charge in [-0.15, -0.1) is 17.9 Å². The van der Waals surface area contributed by atoms with Gasteiger partial charge in [-0.3, -0.25) is 14.2 Å². The summed E-state index contributed by atoms with van der Waals surface area (Å²) in [6.07, 6.45) is 1.63. The lowest BCUT2D eigenvalue weighted by Gasteiger charge is -2.14. The maximum atomic E-state index is 13.6. The van der Waals surface area contributed by atoms with Crippen molar-refractivity contribution in [2.45, 2.75) is 12.1 Å². The van der Waals surface area contributed by atoms with Crippen molar-refractivity contribution in [2.24, 2.45) is 0 Å². The number of hydrogen-bond donors (Lipinski definition) is 1. The molecule has 1 N–H and O–H groups in total. The number of para-hydroxylation sites is 1. The molecule has 7 heteroatoms. The Labute approximate surface area is 188 Å². The molecule has 2 aromatic carbocycles. The van der Waals surface area contributed by atoms with Crippen molar-refractivity contribution in [1.29, 1.82) is 0 Å². The van der Waals surface area contributed by atoms with Crippen LogP contribution in [0.25, 0.3) is 26.3 Å². The van der Waals surface area contributed by atoms with Crippen LogP contribution in [0.2, 0.25) is 0 Å². The molecule has 0 aliphatic heterocycles. The molecule has 0 aliphatic carbocycles. The zero-order chi connectivity index (χ0) is 21.8. The lowest BCUT2D eigenvalue weighted by Crippen LogP contribution is -2.26. The minimum Gasteiger partial charge on any atom is -0.352 e. The van der Waals surface area contributed by atoms with Crippen LogP contribution in [-0.4, -0.2) is 27.8 Å². The smallest absolute Gasteiger partial charge is 0.267 e. The Morgan fingerprint density at radius 3 is 2.68 bits per heavy atom. The SMILES string of the molecule is C=CCNC(=O)CSc1nc2sc(-c3ccccc3)cc2c(=O)n1-c1ccccc1C. The molecule has 0 fully saturated rings. The molecule has 0 saturated carbocycles. The molecule has 4 rings (SSSR count). The Morgan fingerprint density at radius 2 is 1.94 bits per heavy atom. The number of rotatable bonds is 7. The lowest BCUT2D eigenvalue weighted by atomic mass is 10.2. The molecule has 31 heavy (non-hydrogen) atoms. The van der Waals surface area contributed by atoms with Crippen LogP contribution in [0.1, 0.15) is 5.56 Å². The van der Waals surface area contributed by atoms with Gasteiger partial charge in [0.1, 0.15) is 4.83 Å². The third-order valence-electron chi connectivity index (χ3n) is 4.73. The summed E-state index contributed by atoms with van der Waals surface area (Å²) in [5.41, 5.74) is 2.64. The first-order valence-electron chi connectivity index (χ1n) is 9.77. The van der Waals surface area contributed by atoms with Crippen molar-refractivity contribution in [3.8, 4) is 16.1 Å². The van der Waals surface area contributed by atoms with Gasteiger partial charge in [0.05, 0.1) is 16.8 Å². The molecule has 0 radical (unpaired) electrons. The molecule has 2 aromatic heterocycles. The third-order valence-corrected chi connectivity index (χ3v) is 6.74. The number of amides is 1. The molecule has 5 nitrogen and oxygen atoms in total. The van der Waals surface area contributed by atoms with Gasteiger partial charge in [-0.1, -0.05) is 66.4 Å². The van der Waals surface area contributed by atoms with E-state index in [0.717, 1.165) is 21.7 Å². The summed E-state index contributed by atoms with van der Waals surface area (Å²) in [4.78, 5) is 32.2. The number of benzene rings is 2.